The molecule has 0 aromatic heterocycles. The van der Waals surface area contributed by atoms with Crippen molar-refractivity contribution in [3.8, 4) is 11.5 Å². The third-order valence-electron chi connectivity index (χ3n) is 3.75. The summed E-state index contributed by atoms with van der Waals surface area (Å²) in [6, 6.07) is 3.89. The van der Waals surface area contributed by atoms with Gasteiger partial charge in [0.15, 0.2) is 17.3 Å². The largest absolute Gasteiger partial charge is 0.453 e. The number of Topliss-reactive ketones (excluding diaryl/α,β-unsaturated/α-hetero) is 1. The fourth-order valence-electron chi connectivity index (χ4n) is 2.60. The molecule has 1 aliphatic heterocycles. The average Bonchev–Trinajstić information content (AvgIpc) is 2.91. The Morgan fingerprint density at radius 3 is 2.76 bits per heavy atom. The van der Waals surface area contributed by atoms with Crippen molar-refractivity contribution in [2.24, 2.45) is 5.92 Å². The Kier molecular flexibility index (Phi) is 4.26. The van der Waals surface area contributed by atoms with Gasteiger partial charge in [-0.05, 0) is 38.8 Å². The van der Waals surface area contributed by atoms with Gasteiger partial charge >= 0.3 is 0 Å². The quantitative estimate of drug-likeness (QED) is 0.811. The maximum absolute atomic E-state index is 12.5. The Bertz CT molecular complexity index is 563. The Hall–Kier alpha value is -1.97. The topological polar surface area (TPSA) is 47.6 Å². The number of rotatable bonds is 6. The van der Waals surface area contributed by atoms with E-state index in [1.165, 1.54) is 0 Å². The van der Waals surface area contributed by atoms with Gasteiger partial charge in [0.1, 0.15) is 0 Å². The summed E-state index contributed by atoms with van der Waals surface area (Å²) in [5.74, 6) is 1.52. The van der Waals surface area contributed by atoms with E-state index in [1.807, 2.05) is 39.8 Å². The van der Waals surface area contributed by atoms with E-state index in [0.29, 0.717) is 12.2 Å². The first kappa shape index (κ1) is 15.4. The molecule has 0 radical (unpaired) electrons. The minimum Gasteiger partial charge on any atom is -0.453 e. The lowest BCUT2D eigenvalue weighted by Crippen LogP contribution is -2.43. The normalized spacial score (nSPS) is 14.7. The summed E-state index contributed by atoms with van der Waals surface area (Å²) in [5.41, 5.74) is 1.13. The van der Waals surface area contributed by atoms with Gasteiger partial charge in [0.05, 0.1) is 11.2 Å². The van der Waals surface area contributed by atoms with Crippen molar-refractivity contribution in [2.45, 2.75) is 39.7 Å². The SMILES string of the molecule is C=CCC(C)C(=O)C(C)(C)Nc1ccc(C)c2c1OCO2. The molecule has 4 nitrogen and oxygen atoms in total. The van der Waals surface area contributed by atoms with Crippen LogP contribution in [-0.2, 0) is 4.79 Å². The summed E-state index contributed by atoms with van der Waals surface area (Å²) in [6.45, 7) is 11.6. The fourth-order valence-corrected chi connectivity index (χ4v) is 2.60. The Morgan fingerprint density at radius 2 is 2.10 bits per heavy atom. The summed E-state index contributed by atoms with van der Waals surface area (Å²) in [6.07, 6.45) is 2.45. The number of aryl methyl sites for hydroxylation is 1. The second-order valence-corrected chi connectivity index (χ2v) is 6.03. The monoisotopic (exact) mass is 289 g/mol. The maximum atomic E-state index is 12.5. The van der Waals surface area contributed by atoms with Crippen molar-refractivity contribution in [1.29, 1.82) is 0 Å². The summed E-state index contributed by atoms with van der Waals surface area (Å²) in [7, 11) is 0. The Morgan fingerprint density at radius 1 is 1.43 bits per heavy atom. The minimum atomic E-state index is -0.683. The van der Waals surface area contributed by atoms with Crippen molar-refractivity contribution >= 4 is 11.5 Å². The van der Waals surface area contributed by atoms with Crippen LogP contribution < -0.4 is 14.8 Å². The smallest absolute Gasteiger partial charge is 0.231 e. The van der Waals surface area contributed by atoms with Gasteiger partial charge in [0.25, 0.3) is 0 Å². The molecule has 0 aliphatic carbocycles. The number of carbonyl (C=O) groups is 1. The molecule has 1 aromatic rings. The molecular weight excluding hydrogens is 266 g/mol. The summed E-state index contributed by atoms with van der Waals surface area (Å²) < 4.78 is 11.0. The molecule has 1 heterocycles. The van der Waals surface area contributed by atoms with E-state index >= 15 is 0 Å². The van der Waals surface area contributed by atoms with Crippen LogP contribution in [0.25, 0.3) is 0 Å². The molecule has 0 saturated carbocycles. The van der Waals surface area contributed by atoms with Crippen molar-refractivity contribution < 1.29 is 14.3 Å². The summed E-state index contributed by atoms with van der Waals surface area (Å²) >= 11 is 0. The lowest BCUT2D eigenvalue weighted by Gasteiger charge is -2.29. The van der Waals surface area contributed by atoms with E-state index in [1.54, 1.807) is 6.08 Å². The van der Waals surface area contributed by atoms with Crippen LogP contribution in [-0.4, -0.2) is 18.1 Å². The second-order valence-electron chi connectivity index (χ2n) is 6.03. The number of hydrogen-bond donors (Lipinski definition) is 1. The number of benzene rings is 1. The van der Waals surface area contributed by atoms with Gasteiger partial charge in [-0.15, -0.1) is 6.58 Å². The van der Waals surface area contributed by atoms with E-state index in [4.69, 9.17) is 9.47 Å². The molecule has 0 fully saturated rings. The lowest BCUT2D eigenvalue weighted by atomic mass is 9.87. The summed E-state index contributed by atoms with van der Waals surface area (Å²) in [4.78, 5) is 12.5. The molecule has 0 saturated heterocycles. The predicted octanol–water partition coefficient (Wildman–Crippen LogP) is 3.70. The van der Waals surface area contributed by atoms with Gasteiger partial charge in [0, 0.05) is 5.92 Å². The molecular formula is C17H23NO3. The molecule has 0 bridgehead atoms. The van der Waals surface area contributed by atoms with E-state index in [2.05, 4.69) is 11.9 Å². The molecule has 1 unspecified atom stereocenters. The third-order valence-corrected chi connectivity index (χ3v) is 3.75. The highest BCUT2D eigenvalue weighted by Gasteiger charge is 2.32. The van der Waals surface area contributed by atoms with Gasteiger partial charge in [-0.3, -0.25) is 4.79 Å². The predicted molar refractivity (Wildman–Crippen MR) is 84.0 cm³/mol. The number of fused-ring (bicyclic) bond motifs is 1. The molecule has 2 rings (SSSR count). The minimum absolute atomic E-state index is 0.0688. The van der Waals surface area contributed by atoms with Crippen LogP contribution in [0.15, 0.2) is 24.8 Å². The molecule has 1 aromatic carbocycles. The van der Waals surface area contributed by atoms with Crippen LogP contribution in [0.2, 0.25) is 0 Å². The fraction of sp³-hybridized carbons (Fsp3) is 0.471. The van der Waals surface area contributed by atoms with Gasteiger partial charge in [0.2, 0.25) is 6.79 Å². The maximum Gasteiger partial charge on any atom is 0.231 e. The summed E-state index contributed by atoms with van der Waals surface area (Å²) in [5, 5.41) is 3.30. The zero-order valence-corrected chi connectivity index (χ0v) is 13.2. The van der Waals surface area contributed by atoms with E-state index in [-0.39, 0.29) is 18.5 Å². The molecule has 1 N–H and O–H groups in total. The molecule has 1 atom stereocenters. The van der Waals surface area contributed by atoms with E-state index < -0.39 is 5.54 Å². The first-order valence-corrected chi connectivity index (χ1v) is 7.19. The van der Waals surface area contributed by atoms with Gasteiger partial charge in [-0.25, -0.2) is 0 Å². The zero-order chi connectivity index (χ0) is 15.6. The zero-order valence-electron chi connectivity index (χ0n) is 13.2. The molecule has 0 amide bonds. The Labute approximate surface area is 126 Å². The van der Waals surface area contributed by atoms with Gasteiger partial charge < -0.3 is 14.8 Å². The number of allylic oxidation sites excluding steroid dienone is 1. The third kappa shape index (κ3) is 3.04. The van der Waals surface area contributed by atoms with E-state index in [9.17, 15) is 4.79 Å². The van der Waals surface area contributed by atoms with Crippen molar-refractivity contribution in [3.05, 3.63) is 30.4 Å². The molecule has 21 heavy (non-hydrogen) atoms. The number of hydrogen-bond acceptors (Lipinski definition) is 4. The van der Waals surface area contributed by atoms with Crippen molar-refractivity contribution in [1.82, 2.24) is 0 Å². The van der Waals surface area contributed by atoms with Gasteiger partial charge in [-0.2, -0.15) is 0 Å². The van der Waals surface area contributed by atoms with Crippen molar-refractivity contribution in [3.63, 3.8) is 0 Å². The van der Waals surface area contributed by atoms with Crippen LogP contribution in [0.1, 0.15) is 32.8 Å². The first-order valence-electron chi connectivity index (χ1n) is 7.19. The number of ketones is 1. The standard InChI is InChI=1S/C17H23NO3/c1-6-7-12(3)16(19)17(4,5)18-13-9-8-11(2)14-15(13)21-10-20-14/h6,8-9,12,18H,1,7,10H2,2-5H3. The first-order chi connectivity index (χ1) is 9.86. The number of ether oxygens (including phenoxy) is 2. The number of carbonyl (C=O) groups excluding carboxylic acids is 1. The van der Waals surface area contributed by atoms with Crippen LogP contribution in [0.4, 0.5) is 5.69 Å². The molecule has 0 spiro atoms. The number of anilines is 1. The van der Waals surface area contributed by atoms with Crippen LogP contribution >= 0.6 is 0 Å². The van der Waals surface area contributed by atoms with Crippen LogP contribution in [0.5, 0.6) is 11.5 Å². The van der Waals surface area contributed by atoms with E-state index in [0.717, 1.165) is 17.0 Å². The molecule has 4 heteroatoms. The second kappa shape index (κ2) is 5.80. The Balaban J connectivity index is 2.23. The molecule has 114 valence electrons. The highest BCUT2D eigenvalue weighted by atomic mass is 16.7. The number of nitrogens with one attached hydrogen (secondary N) is 1. The molecule has 1 aliphatic rings. The lowest BCUT2D eigenvalue weighted by molar-refractivity contribution is -0.125. The van der Waals surface area contributed by atoms with Gasteiger partial charge in [-0.1, -0.05) is 19.1 Å². The van der Waals surface area contributed by atoms with Crippen LogP contribution in [0.3, 0.4) is 0 Å². The highest BCUT2D eigenvalue weighted by Crippen LogP contribution is 2.42. The van der Waals surface area contributed by atoms with Crippen LogP contribution in [0, 0.1) is 12.8 Å². The van der Waals surface area contributed by atoms with Crippen molar-refractivity contribution in [2.75, 3.05) is 12.1 Å². The average molecular weight is 289 g/mol. The highest BCUT2D eigenvalue weighted by molar-refractivity contribution is 5.92.